The third-order valence-corrected chi connectivity index (χ3v) is 5.19. The van der Waals surface area contributed by atoms with Crippen molar-refractivity contribution in [3.63, 3.8) is 0 Å². The Morgan fingerprint density at radius 3 is 2.42 bits per heavy atom. The van der Waals surface area contributed by atoms with Crippen molar-refractivity contribution in [2.75, 3.05) is 19.0 Å². The second-order valence-corrected chi connectivity index (χ2v) is 7.55. The Labute approximate surface area is 152 Å². The molecule has 8 heteroatoms. The third kappa shape index (κ3) is 4.90. The number of aryl methyl sites for hydroxylation is 2. The number of anilines is 1. The van der Waals surface area contributed by atoms with Crippen LogP contribution in [0.25, 0.3) is 0 Å². The van der Waals surface area contributed by atoms with E-state index >= 15 is 0 Å². The van der Waals surface area contributed by atoms with Gasteiger partial charge in [0.1, 0.15) is 0 Å². The van der Waals surface area contributed by atoms with Crippen LogP contribution >= 0.6 is 0 Å². The van der Waals surface area contributed by atoms with Crippen molar-refractivity contribution in [2.24, 2.45) is 0 Å². The summed E-state index contributed by atoms with van der Waals surface area (Å²) in [6.45, 7) is 3.41. The molecule has 26 heavy (non-hydrogen) atoms. The lowest BCUT2D eigenvalue weighted by Crippen LogP contribution is -2.22. The monoisotopic (exact) mass is 376 g/mol. The SMILES string of the molecule is CNS(=O)(=O)c1cccc(C(=O)OCC(=O)Nc2ccc(C)c(C)c2)c1. The molecule has 0 saturated carbocycles. The molecule has 0 spiro atoms. The molecule has 0 saturated heterocycles. The van der Waals surface area contributed by atoms with Crippen molar-refractivity contribution >= 4 is 27.6 Å². The van der Waals surface area contributed by atoms with E-state index in [1.165, 1.54) is 31.3 Å². The van der Waals surface area contributed by atoms with Gasteiger partial charge in [0.25, 0.3) is 5.91 Å². The number of carbonyl (C=O) groups excluding carboxylic acids is 2. The van der Waals surface area contributed by atoms with E-state index in [0.717, 1.165) is 11.1 Å². The standard InChI is InChI=1S/C18H20N2O5S/c1-12-7-8-15(9-13(12)2)20-17(21)11-25-18(22)14-5-4-6-16(10-14)26(23,24)19-3/h4-10,19H,11H2,1-3H3,(H,20,21). The summed E-state index contributed by atoms with van der Waals surface area (Å²) in [5.74, 6) is -1.27. The molecule has 0 aromatic heterocycles. The zero-order valence-corrected chi connectivity index (χ0v) is 15.5. The first kappa shape index (κ1) is 19.6. The highest BCUT2D eigenvalue weighted by molar-refractivity contribution is 7.89. The van der Waals surface area contributed by atoms with Gasteiger partial charge in [0.15, 0.2) is 6.61 Å². The smallest absolute Gasteiger partial charge is 0.338 e. The number of nitrogens with one attached hydrogen (secondary N) is 2. The molecule has 0 aliphatic heterocycles. The number of ether oxygens (including phenoxy) is 1. The van der Waals surface area contributed by atoms with Gasteiger partial charge in [0.05, 0.1) is 10.5 Å². The van der Waals surface area contributed by atoms with Crippen LogP contribution in [0.3, 0.4) is 0 Å². The van der Waals surface area contributed by atoms with Gasteiger partial charge in [-0.2, -0.15) is 0 Å². The first-order valence-electron chi connectivity index (χ1n) is 7.81. The molecule has 0 radical (unpaired) electrons. The molecule has 0 atom stereocenters. The van der Waals surface area contributed by atoms with Gasteiger partial charge < -0.3 is 10.1 Å². The Morgan fingerprint density at radius 1 is 1.04 bits per heavy atom. The van der Waals surface area contributed by atoms with Gasteiger partial charge >= 0.3 is 5.97 Å². The molecular formula is C18H20N2O5S. The molecule has 7 nitrogen and oxygen atoms in total. The fourth-order valence-electron chi connectivity index (χ4n) is 2.14. The van der Waals surface area contributed by atoms with E-state index in [9.17, 15) is 18.0 Å². The average molecular weight is 376 g/mol. The first-order valence-corrected chi connectivity index (χ1v) is 9.29. The maximum atomic E-state index is 12.1. The number of hydrogen-bond acceptors (Lipinski definition) is 5. The lowest BCUT2D eigenvalue weighted by Gasteiger charge is -2.09. The summed E-state index contributed by atoms with van der Waals surface area (Å²) in [4.78, 5) is 23.9. The van der Waals surface area contributed by atoms with Crippen LogP contribution in [0.1, 0.15) is 21.5 Å². The van der Waals surface area contributed by atoms with Crippen LogP contribution in [0.15, 0.2) is 47.4 Å². The summed E-state index contributed by atoms with van der Waals surface area (Å²) >= 11 is 0. The highest BCUT2D eigenvalue weighted by Crippen LogP contribution is 2.14. The van der Waals surface area contributed by atoms with Crippen LogP contribution in [0.4, 0.5) is 5.69 Å². The van der Waals surface area contributed by atoms with Crippen molar-refractivity contribution < 1.29 is 22.7 Å². The van der Waals surface area contributed by atoms with E-state index < -0.39 is 28.5 Å². The normalized spacial score (nSPS) is 11.0. The molecule has 2 aromatic carbocycles. The minimum absolute atomic E-state index is 0.0419. The predicted molar refractivity (Wildman–Crippen MR) is 97.5 cm³/mol. The lowest BCUT2D eigenvalue weighted by molar-refractivity contribution is -0.119. The quantitative estimate of drug-likeness (QED) is 0.751. The number of hydrogen-bond donors (Lipinski definition) is 2. The Hall–Kier alpha value is -2.71. The van der Waals surface area contributed by atoms with E-state index in [1.54, 1.807) is 6.07 Å². The molecule has 0 fully saturated rings. The van der Waals surface area contributed by atoms with Crippen LogP contribution in [0.5, 0.6) is 0 Å². The first-order chi connectivity index (χ1) is 12.2. The van der Waals surface area contributed by atoms with Crippen molar-refractivity contribution in [1.29, 1.82) is 0 Å². The number of sulfonamides is 1. The fourth-order valence-corrected chi connectivity index (χ4v) is 2.91. The van der Waals surface area contributed by atoms with Crippen LogP contribution in [-0.4, -0.2) is 33.9 Å². The van der Waals surface area contributed by atoms with Gasteiger partial charge in [-0.05, 0) is 62.4 Å². The zero-order valence-electron chi connectivity index (χ0n) is 14.7. The predicted octanol–water partition coefficient (Wildman–Crippen LogP) is 2.01. The number of esters is 1. The molecule has 2 aromatic rings. The van der Waals surface area contributed by atoms with Gasteiger partial charge in [-0.15, -0.1) is 0 Å². The number of carbonyl (C=O) groups is 2. The molecule has 0 aliphatic rings. The summed E-state index contributed by atoms with van der Waals surface area (Å²) in [5.41, 5.74) is 2.78. The number of amides is 1. The van der Waals surface area contributed by atoms with Gasteiger partial charge in [0, 0.05) is 5.69 Å². The second kappa shape index (κ2) is 8.11. The van der Waals surface area contributed by atoms with E-state index in [0.29, 0.717) is 5.69 Å². The van der Waals surface area contributed by atoms with E-state index in [2.05, 4.69) is 10.0 Å². The van der Waals surface area contributed by atoms with Crippen molar-refractivity contribution in [2.45, 2.75) is 18.7 Å². The Morgan fingerprint density at radius 2 is 1.77 bits per heavy atom. The molecule has 1 amide bonds. The largest absolute Gasteiger partial charge is 0.452 e. The van der Waals surface area contributed by atoms with Gasteiger partial charge in [-0.25, -0.2) is 17.9 Å². The minimum atomic E-state index is -3.67. The van der Waals surface area contributed by atoms with Crippen LogP contribution in [-0.2, 0) is 19.6 Å². The molecule has 0 unspecified atom stereocenters. The van der Waals surface area contributed by atoms with Gasteiger partial charge in [-0.3, -0.25) is 4.79 Å². The topological polar surface area (TPSA) is 102 Å². The number of benzene rings is 2. The van der Waals surface area contributed by atoms with E-state index in [-0.39, 0.29) is 10.5 Å². The fraction of sp³-hybridized carbons (Fsp3) is 0.222. The summed E-state index contributed by atoms with van der Waals surface area (Å²) in [6.07, 6.45) is 0. The van der Waals surface area contributed by atoms with Crippen LogP contribution in [0, 0.1) is 13.8 Å². The van der Waals surface area contributed by atoms with E-state index in [4.69, 9.17) is 4.74 Å². The highest BCUT2D eigenvalue weighted by atomic mass is 32.2. The molecule has 0 bridgehead atoms. The van der Waals surface area contributed by atoms with Crippen molar-refractivity contribution in [3.8, 4) is 0 Å². The maximum absolute atomic E-state index is 12.1. The summed E-state index contributed by atoms with van der Waals surface area (Å²) in [7, 11) is -2.40. The summed E-state index contributed by atoms with van der Waals surface area (Å²) < 4.78 is 30.7. The minimum Gasteiger partial charge on any atom is -0.452 e. The molecule has 138 valence electrons. The lowest BCUT2D eigenvalue weighted by atomic mass is 10.1. The summed E-state index contributed by atoms with van der Waals surface area (Å²) in [5, 5.41) is 2.64. The van der Waals surface area contributed by atoms with Crippen molar-refractivity contribution in [1.82, 2.24) is 4.72 Å². The second-order valence-electron chi connectivity index (χ2n) is 5.66. The Kier molecular flexibility index (Phi) is 6.12. The molecular weight excluding hydrogens is 356 g/mol. The van der Waals surface area contributed by atoms with Gasteiger partial charge in [0.2, 0.25) is 10.0 Å². The molecule has 2 N–H and O–H groups in total. The Bertz CT molecular complexity index is 938. The van der Waals surface area contributed by atoms with Crippen molar-refractivity contribution in [3.05, 3.63) is 59.2 Å². The van der Waals surface area contributed by atoms with Crippen LogP contribution in [0.2, 0.25) is 0 Å². The highest BCUT2D eigenvalue weighted by Gasteiger charge is 2.16. The summed E-state index contributed by atoms with van der Waals surface area (Å²) in [6, 6.07) is 10.8. The Balaban J connectivity index is 1.99. The molecule has 0 heterocycles. The van der Waals surface area contributed by atoms with Gasteiger partial charge in [-0.1, -0.05) is 12.1 Å². The van der Waals surface area contributed by atoms with E-state index in [1.807, 2.05) is 26.0 Å². The average Bonchev–Trinajstić information content (AvgIpc) is 2.63. The molecule has 0 aliphatic carbocycles. The molecule has 2 rings (SSSR count). The van der Waals surface area contributed by atoms with Crippen LogP contribution < -0.4 is 10.0 Å². The maximum Gasteiger partial charge on any atom is 0.338 e. The number of rotatable bonds is 6. The zero-order chi connectivity index (χ0) is 19.3. The third-order valence-electron chi connectivity index (χ3n) is 3.77.